The smallest absolute Gasteiger partial charge is 0.416 e. The van der Waals surface area contributed by atoms with Gasteiger partial charge in [-0.15, -0.1) is 0 Å². The zero-order valence-electron chi connectivity index (χ0n) is 16.2. The first-order chi connectivity index (χ1) is 15.1. The number of carbonyl (C=O) groups is 2. The molecule has 3 aromatic carbocycles. The van der Waals surface area contributed by atoms with E-state index in [0.717, 1.165) is 16.6 Å². The van der Waals surface area contributed by atoms with Crippen LogP contribution >= 0.6 is 31.9 Å². The standard InChI is InChI=1S/C22H15Br2F3N2O3/c23-15-7-8-19(18(24)11-15)32-12-20(30)28-16-5-1-3-13(9-16)21(31)29-17-6-2-4-14(10-17)22(25,26)27/h1-11H,12H2,(H,28,30)(H,29,31). The topological polar surface area (TPSA) is 67.4 Å². The van der Waals surface area contributed by atoms with Crippen LogP contribution in [0.3, 0.4) is 0 Å². The summed E-state index contributed by atoms with van der Waals surface area (Å²) < 4.78 is 45.5. The van der Waals surface area contributed by atoms with Crippen molar-refractivity contribution in [2.75, 3.05) is 17.2 Å². The predicted octanol–water partition coefficient (Wildman–Crippen LogP) is 6.50. The van der Waals surface area contributed by atoms with Gasteiger partial charge in [-0.2, -0.15) is 13.2 Å². The van der Waals surface area contributed by atoms with Crippen molar-refractivity contribution in [1.29, 1.82) is 0 Å². The first-order valence-electron chi connectivity index (χ1n) is 9.08. The number of anilines is 2. The highest BCUT2D eigenvalue weighted by Gasteiger charge is 2.30. The van der Waals surface area contributed by atoms with E-state index < -0.39 is 23.6 Å². The highest BCUT2D eigenvalue weighted by molar-refractivity contribution is 9.11. The number of alkyl halides is 3. The molecule has 166 valence electrons. The summed E-state index contributed by atoms with van der Waals surface area (Å²) in [7, 11) is 0. The third kappa shape index (κ3) is 6.57. The number of hydrogen-bond acceptors (Lipinski definition) is 3. The summed E-state index contributed by atoms with van der Waals surface area (Å²) in [6.07, 6.45) is -4.52. The Labute approximate surface area is 198 Å². The summed E-state index contributed by atoms with van der Waals surface area (Å²) in [5.41, 5.74) is -0.358. The molecule has 0 bridgehead atoms. The molecule has 32 heavy (non-hydrogen) atoms. The van der Waals surface area contributed by atoms with Crippen LogP contribution in [0.5, 0.6) is 5.75 Å². The first kappa shape index (κ1) is 23.8. The molecule has 0 aliphatic rings. The molecule has 0 aliphatic heterocycles. The van der Waals surface area contributed by atoms with E-state index in [1.54, 1.807) is 30.3 Å². The second-order valence-electron chi connectivity index (χ2n) is 6.53. The summed E-state index contributed by atoms with van der Waals surface area (Å²) >= 11 is 6.66. The van der Waals surface area contributed by atoms with Crippen LogP contribution < -0.4 is 15.4 Å². The first-order valence-corrected chi connectivity index (χ1v) is 10.7. The van der Waals surface area contributed by atoms with Gasteiger partial charge in [0.1, 0.15) is 5.75 Å². The lowest BCUT2D eigenvalue weighted by Crippen LogP contribution is -2.20. The zero-order valence-corrected chi connectivity index (χ0v) is 19.3. The van der Waals surface area contributed by atoms with Crippen LogP contribution in [-0.2, 0) is 11.0 Å². The van der Waals surface area contributed by atoms with Crippen LogP contribution in [0, 0.1) is 0 Å². The minimum atomic E-state index is -4.52. The van der Waals surface area contributed by atoms with Gasteiger partial charge in [-0.1, -0.05) is 28.1 Å². The molecule has 3 rings (SSSR count). The average molecular weight is 572 g/mol. The molecular weight excluding hydrogens is 557 g/mol. The molecule has 0 radical (unpaired) electrons. The molecule has 0 unspecified atom stereocenters. The molecule has 2 N–H and O–H groups in total. The molecule has 2 amide bonds. The molecule has 0 fully saturated rings. The molecule has 10 heteroatoms. The monoisotopic (exact) mass is 570 g/mol. The van der Waals surface area contributed by atoms with Gasteiger partial charge in [0.15, 0.2) is 6.61 Å². The lowest BCUT2D eigenvalue weighted by atomic mass is 10.1. The van der Waals surface area contributed by atoms with E-state index >= 15 is 0 Å². The van der Waals surface area contributed by atoms with Crippen molar-refractivity contribution in [3.63, 3.8) is 0 Å². The zero-order chi connectivity index (χ0) is 23.3. The molecule has 3 aromatic rings. The maximum atomic E-state index is 12.8. The maximum absolute atomic E-state index is 12.8. The molecule has 0 heterocycles. The minimum absolute atomic E-state index is 0.00717. The number of nitrogens with one attached hydrogen (secondary N) is 2. The van der Waals surface area contributed by atoms with Gasteiger partial charge in [0, 0.05) is 21.4 Å². The van der Waals surface area contributed by atoms with Gasteiger partial charge in [-0.25, -0.2) is 0 Å². The second kappa shape index (κ2) is 10.2. The Hall–Kier alpha value is -2.85. The van der Waals surface area contributed by atoms with E-state index in [-0.39, 0.29) is 17.9 Å². The molecular formula is C22H15Br2F3N2O3. The molecule has 5 nitrogen and oxygen atoms in total. The SMILES string of the molecule is O=C(COc1ccc(Br)cc1Br)Nc1cccc(C(=O)Nc2cccc(C(F)(F)F)c2)c1. The predicted molar refractivity (Wildman–Crippen MR) is 122 cm³/mol. The van der Waals surface area contributed by atoms with Crippen LogP contribution in [0.4, 0.5) is 24.5 Å². The summed E-state index contributed by atoms with van der Waals surface area (Å²) in [5, 5.41) is 5.04. The molecule has 0 atom stereocenters. The minimum Gasteiger partial charge on any atom is -0.483 e. The van der Waals surface area contributed by atoms with Crippen molar-refractivity contribution in [3.8, 4) is 5.75 Å². The number of rotatable bonds is 6. The van der Waals surface area contributed by atoms with E-state index in [9.17, 15) is 22.8 Å². The molecule has 0 spiro atoms. The van der Waals surface area contributed by atoms with Crippen molar-refractivity contribution >= 4 is 55.0 Å². The fraction of sp³-hybridized carbons (Fsp3) is 0.0909. The van der Waals surface area contributed by atoms with Gasteiger partial charge in [-0.05, 0) is 70.5 Å². The number of benzene rings is 3. The van der Waals surface area contributed by atoms with Crippen molar-refractivity contribution in [2.45, 2.75) is 6.18 Å². The Morgan fingerprint density at radius 2 is 1.56 bits per heavy atom. The fourth-order valence-corrected chi connectivity index (χ4v) is 3.81. The maximum Gasteiger partial charge on any atom is 0.416 e. The van der Waals surface area contributed by atoms with E-state index in [2.05, 4.69) is 42.5 Å². The van der Waals surface area contributed by atoms with Crippen LogP contribution in [0.1, 0.15) is 15.9 Å². The highest BCUT2D eigenvalue weighted by Crippen LogP contribution is 2.31. The molecule has 0 aliphatic carbocycles. The quantitative estimate of drug-likeness (QED) is 0.355. The third-order valence-electron chi connectivity index (χ3n) is 4.11. The Bertz CT molecular complexity index is 1150. The Balaban J connectivity index is 1.62. The summed E-state index contributed by atoms with van der Waals surface area (Å²) in [4.78, 5) is 24.6. The number of ether oxygens (including phenoxy) is 1. The number of amides is 2. The van der Waals surface area contributed by atoms with Gasteiger partial charge >= 0.3 is 6.18 Å². The lowest BCUT2D eigenvalue weighted by Gasteiger charge is -2.11. The molecule has 0 saturated carbocycles. The van der Waals surface area contributed by atoms with Crippen LogP contribution in [0.15, 0.2) is 75.7 Å². The number of carbonyl (C=O) groups excluding carboxylic acids is 2. The van der Waals surface area contributed by atoms with Gasteiger partial charge in [0.25, 0.3) is 11.8 Å². The Kier molecular flexibility index (Phi) is 7.57. The van der Waals surface area contributed by atoms with Crippen LogP contribution in [0.2, 0.25) is 0 Å². The summed E-state index contributed by atoms with van der Waals surface area (Å²) in [5.74, 6) is -0.580. The second-order valence-corrected chi connectivity index (χ2v) is 8.30. The average Bonchev–Trinajstić information content (AvgIpc) is 2.73. The van der Waals surface area contributed by atoms with E-state index in [0.29, 0.717) is 15.9 Å². The highest BCUT2D eigenvalue weighted by atomic mass is 79.9. The normalized spacial score (nSPS) is 11.0. The van der Waals surface area contributed by atoms with Crippen molar-refractivity contribution < 1.29 is 27.5 Å². The van der Waals surface area contributed by atoms with Gasteiger partial charge in [-0.3, -0.25) is 9.59 Å². The fourth-order valence-electron chi connectivity index (χ4n) is 2.65. The van der Waals surface area contributed by atoms with Gasteiger partial charge < -0.3 is 15.4 Å². The molecule has 0 saturated heterocycles. The van der Waals surface area contributed by atoms with E-state index in [1.807, 2.05) is 0 Å². The Morgan fingerprint density at radius 3 is 2.25 bits per heavy atom. The van der Waals surface area contributed by atoms with E-state index in [4.69, 9.17) is 4.74 Å². The van der Waals surface area contributed by atoms with Crippen LogP contribution in [0.25, 0.3) is 0 Å². The lowest BCUT2D eigenvalue weighted by molar-refractivity contribution is -0.137. The Morgan fingerprint density at radius 1 is 0.875 bits per heavy atom. The van der Waals surface area contributed by atoms with Gasteiger partial charge in [0.05, 0.1) is 10.0 Å². The van der Waals surface area contributed by atoms with Crippen molar-refractivity contribution in [3.05, 3.63) is 86.8 Å². The number of halogens is 5. The van der Waals surface area contributed by atoms with E-state index in [1.165, 1.54) is 24.3 Å². The molecule has 0 aromatic heterocycles. The summed E-state index contributed by atoms with van der Waals surface area (Å²) in [6, 6.07) is 15.6. The summed E-state index contributed by atoms with van der Waals surface area (Å²) in [6.45, 7) is -0.263. The van der Waals surface area contributed by atoms with Crippen molar-refractivity contribution in [2.24, 2.45) is 0 Å². The largest absolute Gasteiger partial charge is 0.483 e. The third-order valence-corrected chi connectivity index (χ3v) is 5.22. The van der Waals surface area contributed by atoms with Gasteiger partial charge in [0.2, 0.25) is 0 Å². The van der Waals surface area contributed by atoms with Crippen LogP contribution in [-0.4, -0.2) is 18.4 Å². The number of hydrogen-bond donors (Lipinski definition) is 2. The van der Waals surface area contributed by atoms with Crippen molar-refractivity contribution in [1.82, 2.24) is 0 Å².